The molecule has 0 spiro atoms. The molecule has 0 saturated heterocycles. The average molecular weight is 525 g/mol. The Morgan fingerprint density at radius 2 is 1.74 bits per heavy atom. The summed E-state index contributed by atoms with van der Waals surface area (Å²) in [4.78, 5) is 12.1. The lowest BCUT2D eigenvalue weighted by atomic mass is 9.97. The van der Waals surface area contributed by atoms with Crippen LogP contribution in [0.3, 0.4) is 0 Å². The van der Waals surface area contributed by atoms with Gasteiger partial charge in [0.15, 0.2) is 0 Å². The first kappa shape index (κ1) is 26.0. The number of para-hydroxylation sites is 2. The van der Waals surface area contributed by atoms with E-state index in [1.54, 1.807) is 18.4 Å². The van der Waals surface area contributed by atoms with E-state index >= 15 is 0 Å². The lowest BCUT2D eigenvalue weighted by Crippen LogP contribution is -2.37. The molecule has 0 N–H and O–H groups in total. The lowest BCUT2D eigenvalue weighted by Gasteiger charge is -2.40. The highest BCUT2D eigenvalue weighted by atomic mass is 32.1. The van der Waals surface area contributed by atoms with E-state index < -0.39 is 0 Å². The molecule has 1 aliphatic heterocycles. The van der Waals surface area contributed by atoms with Crippen LogP contribution in [0.15, 0.2) is 84.7 Å². The number of ether oxygens (including phenoxy) is 1. The van der Waals surface area contributed by atoms with Gasteiger partial charge in [-0.1, -0.05) is 37.3 Å². The molecule has 0 unspecified atom stereocenters. The van der Waals surface area contributed by atoms with Gasteiger partial charge in [0.25, 0.3) is 0 Å². The number of benzene rings is 3. The Kier molecular flexibility index (Phi) is 8.11. The fourth-order valence-corrected chi connectivity index (χ4v) is 5.87. The van der Waals surface area contributed by atoms with Crippen molar-refractivity contribution in [3.63, 3.8) is 0 Å². The minimum Gasteiger partial charge on any atom is -0.497 e. The van der Waals surface area contributed by atoms with Crippen LogP contribution in [-0.4, -0.2) is 55.6 Å². The van der Waals surface area contributed by atoms with Crippen molar-refractivity contribution in [3.8, 4) is 5.75 Å². The molecule has 2 heterocycles. The summed E-state index contributed by atoms with van der Waals surface area (Å²) in [6, 6.07) is 25.4. The van der Waals surface area contributed by atoms with Crippen molar-refractivity contribution in [2.45, 2.75) is 19.8 Å². The van der Waals surface area contributed by atoms with Crippen molar-refractivity contribution in [3.05, 3.63) is 95.3 Å². The van der Waals surface area contributed by atoms with Crippen LogP contribution in [0.2, 0.25) is 0 Å². The number of allylic oxidation sites excluding steroid dienone is 2. The summed E-state index contributed by atoms with van der Waals surface area (Å²) >= 11 is 1.73. The maximum absolute atomic E-state index is 5.70. The number of hydrogen-bond donors (Lipinski definition) is 0. The largest absolute Gasteiger partial charge is 0.497 e. The van der Waals surface area contributed by atoms with Crippen molar-refractivity contribution in [2.75, 3.05) is 45.7 Å². The monoisotopic (exact) mass is 524 g/mol. The van der Waals surface area contributed by atoms with E-state index in [9.17, 15) is 0 Å². The maximum atomic E-state index is 5.70. The second kappa shape index (κ2) is 11.8. The Hall–Kier alpha value is -3.61. The number of nitrogens with zero attached hydrogens (tertiary/aromatic N) is 4. The van der Waals surface area contributed by atoms with Gasteiger partial charge in [0.05, 0.1) is 23.0 Å². The summed E-state index contributed by atoms with van der Waals surface area (Å²) in [5, 5.41) is 1.02. The highest BCUT2D eigenvalue weighted by Gasteiger charge is 2.28. The minimum atomic E-state index is 0.847. The topological polar surface area (TPSA) is 31.8 Å². The van der Waals surface area contributed by atoms with Gasteiger partial charge in [-0.3, -0.25) is 4.90 Å². The molecule has 0 radical (unpaired) electrons. The van der Waals surface area contributed by atoms with Gasteiger partial charge >= 0.3 is 0 Å². The molecule has 1 aromatic heterocycles. The smallest absolute Gasteiger partial charge is 0.120 e. The summed E-state index contributed by atoms with van der Waals surface area (Å²) in [7, 11) is 6.01. The molecule has 0 saturated carbocycles. The van der Waals surface area contributed by atoms with E-state index in [4.69, 9.17) is 9.72 Å². The SMILES string of the molecule is CCCN(CCCN(C)C)C1=C/C(=C/c2nc3ccccc3s2)c2ccc(OC)cc2N1c1ccccc1. The summed E-state index contributed by atoms with van der Waals surface area (Å²) in [5.74, 6) is 2.03. The van der Waals surface area contributed by atoms with Gasteiger partial charge in [0, 0.05) is 30.4 Å². The summed E-state index contributed by atoms with van der Waals surface area (Å²) in [6.07, 6.45) is 6.75. The van der Waals surface area contributed by atoms with Gasteiger partial charge in [-0.05, 0) is 87.6 Å². The molecule has 6 heteroatoms. The molecule has 38 heavy (non-hydrogen) atoms. The Morgan fingerprint density at radius 3 is 2.47 bits per heavy atom. The van der Waals surface area contributed by atoms with Crippen LogP contribution in [-0.2, 0) is 0 Å². The van der Waals surface area contributed by atoms with E-state index in [1.807, 2.05) is 12.1 Å². The molecular weight excluding hydrogens is 488 g/mol. The molecule has 5 rings (SSSR count). The van der Waals surface area contributed by atoms with E-state index in [-0.39, 0.29) is 0 Å². The van der Waals surface area contributed by atoms with Crippen LogP contribution in [0, 0.1) is 0 Å². The Morgan fingerprint density at radius 1 is 0.947 bits per heavy atom. The number of thiazole rings is 1. The Balaban J connectivity index is 1.68. The van der Waals surface area contributed by atoms with E-state index in [1.165, 1.54) is 16.1 Å². The third-order valence-corrected chi connectivity index (χ3v) is 7.71. The fourth-order valence-electron chi connectivity index (χ4n) is 4.95. The predicted octanol–water partition coefficient (Wildman–Crippen LogP) is 7.50. The number of fused-ring (bicyclic) bond motifs is 2. The number of rotatable bonds is 10. The molecule has 0 amide bonds. The van der Waals surface area contributed by atoms with Crippen LogP contribution >= 0.6 is 11.3 Å². The number of methoxy groups -OCH3 is 1. The van der Waals surface area contributed by atoms with Crippen molar-refractivity contribution < 1.29 is 4.74 Å². The zero-order valence-electron chi connectivity index (χ0n) is 22.7. The molecule has 196 valence electrons. The lowest BCUT2D eigenvalue weighted by molar-refractivity contribution is 0.304. The van der Waals surface area contributed by atoms with Crippen LogP contribution < -0.4 is 9.64 Å². The first-order valence-electron chi connectivity index (χ1n) is 13.3. The first-order chi connectivity index (χ1) is 18.6. The van der Waals surface area contributed by atoms with E-state index in [2.05, 4.69) is 109 Å². The Labute approximate surface area is 230 Å². The molecule has 4 aromatic rings. The second-order valence-electron chi connectivity index (χ2n) is 9.82. The van der Waals surface area contributed by atoms with Crippen LogP contribution in [0.4, 0.5) is 11.4 Å². The van der Waals surface area contributed by atoms with Crippen molar-refractivity contribution in [1.29, 1.82) is 0 Å². The van der Waals surface area contributed by atoms with E-state index in [0.717, 1.165) is 65.7 Å². The minimum absolute atomic E-state index is 0.847. The highest BCUT2D eigenvalue weighted by Crippen LogP contribution is 2.44. The molecule has 0 fully saturated rings. The second-order valence-corrected chi connectivity index (χ2v) is 10.9. The molecule has 5 nitrogen and oxygen atoms in total. The summed E-state index contributed by atoms with van der Waals surface area (Å²) in [5.41, 5.74) is 5.64. The van der Waals surface area contributed by atoms with Crippen molar-refractivity contribution in [1.82, 2.24) is 14.8 Å². The zero-order valence-corrected chi connectivity index (χ0v) is 23.5. The zero-order chi connectivity index (χ0) is 26.5. The van der Waals surface area contributed by atoms with Crippen LogP contribution in [0.25, 0.3) is 21.9 Å². The van der Waals surface area contributed by atoms with Gasteiger partial charge in [-0.15, -0.1) is 11.3 Å². The molecule has 1 aliphatic rings. The van der Waals surface area contributed by atoms with Gasteiger partial charge in [0.2, 0.25) is 0 Å². The van der Waals surface area contributed by atoms with Gasteiger partial charge in [-0.2, -0.15) is 0 Å². The third-order valence-electron chi connectivity index (χ3n) is 6.73. The number of hydrogen-bond acceptors (Lipinski definition) is 6. The van der Waals surface area contributed by atoms with Crippen LogP contribution in [0.1, 0.15) is 30.3 Å². The molecule has 3 aromatic carbocycles. The van der Waals surface area contributed by atoms with Crippen molar-refractivity contribution in [2.24, 2.45) is 0 Å². The van der Waals surface area contributed by atoms with Gasteiger partial charge in [0.1, 0.15) is 16.6 Å². The average Bonchev–Trinajstić information content (AvgIpc) is 3.35. The Bertz CT molecular complexity index is 1410. The fraction of sp³-hybridized carbons (Fsp3) is 0.281. The number of anilines is 2. The molecule has 0 bridgehead atoms. The summed E-state index contributed by atoms with van der Waals surface area (Å²) in [6.45, 7) is 5.27. The van der Waals surface area contributed by atoms with Gasteiger partial charge in [-0.25, -0.2) is 4.98 Å². The molecular formula is C32H36N4OS. The third kappa shape index (κ3) is 5.62. The standard InChI is InChI=1S/C32H36N4OS/c1-5-18-35(20-11-19-34(2)3)32-22-24(21-31-33-28-14-9-10-15-30(28)38-31)27-17-16-26(37-4)23-29(27)36(32)25-12-7-6-8-13-25/h6-10,12-17,21-23H,5,11,18-20H2,1-4H3/b24-21-. The predicted molar refractivity (Wildman–Crippen MR) is 162 cm³/mol. The highest BCUT2D eigenvalue weighted by molar-refractivity contribution is 7.19. The molecule has 0 atom stereocenters. The van der Waals surface area contributed by atoms with E-state index in [0.29, 0.717) is 0 Å². The quantitative estimate of drug-likeness (QED) is 0.214. The normalized spacial score (nSPS) is 14.2. The number of aromatic nitrogens is 1. The first-order valence-corrected chi connectivity index (χ1v) is 14.1. The van der Waals surface area contributed by atoms with Gasteiger partial charge < -0.3 is 14.5 Å². The summed E-state index contributed by atoms with van der Waals surface area (Å²) < 4.78 is 6.90. The maximum Gasteiger partial charge on any atom is 0.120 e. The molecule has 0 aliphatic carbocycles. The van der Waals surface area contributed by atoms with Crippen molar-refractivity contribution >= 4 is 44.6 Å². The van der Waals surface area contributed by atoms with Crippen LogP contribution in [0.5, 0.6) is 5.75 Å².